The molecule has 1 aliphatic rings. The Balaban J connectivity index is 1.37. The van der Waals surface area contributed by atoms with E-state index in [-0.39, 0.29) is 5.91 Å². The van der Waals surface area contributed by atoms with E-state index in [4.69, 9.17) is 4.74 Å². The average Bonchev–Trinajstić information content (AvgIpc) is 3.33. The fourth-order valence-corrected chi connectivity index (χ4v) is 3.69. The van der Waals surface area contributed by atoms with E-state index < -0.39 is 0 Å². The molecule has 3 aromatic rings. The van der Waals surface area contributed by atoms with Crippen molar-refractivity contribution in [1.82, 2.24) is 15.3 Å². The van der Waals surface area contributed by atoms with Crippen LogP contribution in [0.3, 0.4) is 0 Å². The van der Waals surface area contributed by atoms with Crippen LogP contribution in [-0.4, -0.2) is 42.2 Å². The van der Waals surface area contributed by atoms with E-state index >= 15 is 0 Å². The van der Waals surface area contributed by atoms with Crippen LogP contribution in [0.2, 0.25) is 0 Å². The van der Waals surface area contributed by atoms with Gasteiger partial charge in [-0.3, -0.25) is 4.79 Å². The van der Waals surface area contributed by atoms with Crippen LogP contribution >= 0.6 is 0 Å². The summed E-state index contributed by atoms with van der Waals surface area (Å²) in [7, 11) is 0. The van der Waals surface area contributed by atoms with Crippen LogP contribution in [0.4, 0.5) is 5.69 Å². The number of ether oxygens (including phenoxy) is 1. The number of aromatic nitrogens is 2. The molecule has 1 aromatic heterocycles. The number of morpholine rings is 1. The number of hydrogen-bond donors (Lipinski definition) is 2. The molecule has 0 radical (unpaired) electrons. The van der Waals surface area contributed by atoms with Gasteiger partial charge in [0.05, 0.1) is 25.1 Å². The Labute approximate surface area is 183 Å². The highest BCUT2D eigenvalue weighted by Crippen LogP contribution is 2.25. The van der Waals surface area contributed by atoms with E-state index in [0.29, 0.717) is 13.0 Å². The predicted molar refractivity (Wildman–Crippen MR) is 124 cm³/mol. The molecule has 2 N–H and O–H groups in total. The molecular formula is C25H30N4O2. The second kappa shape index (κ2) is 10.3. The molecular weight excluding hydrogens is 388 g/mol. The number of anilines is 1. The molecule has 1 aliphatic heterocycles. The lowest BCUT2D eigenvalue weighted by Crippen LogP contribution is -2.36. The Morgan fingerprint density at radius 3 is 2.48 bits per heavy atom. The third kappa shape index (κ3) is 5.52. The summed E-state index contributed by atoms with van der Waals surface area (Å²) in [6.45, 7) is 6.09. The first kappa shape index (κ1) is 21.1. The zero-order valence-corrected chi connectivity index (χ0v) is 18.1. The lowest BCUT2D eigenvalue weighted by atomic mass is 10.1. The Hall–Kier alpha value is -3.12. The summed E-state index contributed by atoms with van der Waals surface area (Å²) in [6.07, 6.45) is 4.44. The van der Waals surface area contributed by atoms with Crippen molar-refractivity contribution >= 4 is 11.6 Å². The summed E-state index contributed by atoms with van der Waals surface area (Å²) >= 11 is 0. The van der Waals surface area contributed by atoms with Gasteiger partial charge in [0.1, 0.15) is 5.82 Å². The Kier molecular flexibility index (Phi) is 6.99. The number of imidazole rings is 1. The van der Waals surface area contributed by atoms with Crippen molar-refractivity contribution < 1.29 is 9.53 Å². The maximum atomic E-state index is 11.8. The highest BCUT2D eigenvalue weighted by molar-refractivity contribution is 5.75. The van der Waals surface area contributed by atoms with Gasteiger partial charge in [0.15, 0.2) is 0 Å². The molecule has 2 heterocycles. The molecule has 0 aliphatic carbocycles. The molecule has 0 atom stereocenters. The van der Waals surface area contributed by atoms with Gasteiger partial charge in [-0.2, -0.15) is 0 Å². The van der Waals surface area contributed by atoms with Gasteiger partial charge in [-0.05, 0) is 29.7 Å². The minimum Gasteiger partial charge on any atom is -0.378 e. The van der Waals surface area contributed by atoms with Gasteiger partial charge in [0, 0.05) is 37.3 Å². The molecule has 6 heteroatoms. The second-order valence-corrected chi connectivity index (χ2v) is 7.87. The minimum absolute atomic E-state index is 0.112. The number of hydrogen-bond acceptors (Lipinski definition) is 4. The molecule has 2 aromatic carbocycles. The molecule has 162 valence electrons. The van der Waals surface area contributed by atoms with Gasteiger partial charge in [0.25, 0.3) is 0 Å². The first-order valence-corrected chi connectivity index (χ1v) is 11.1. The summed E-state index contributed by atoms with van der Waals surface area (Å²) in [4.78, 5) is 22.1. The number of carbonyl (C=O) groups is 1. The van der Waals surface area contributed by atoms with E-state index in [1.165, 1.54) is 5.69 Å². The lowest BCUT2D eigenvalue weighted by Gasteiger charge is -2.28. The predicted octanol–water partition coefficient (Wildman–Crippen LogP) is 4.39. The van der Waals surface area contributed by atoms with Crippen LogP contribution in [0, 0.1) is 0 Å². The van der Waals surface area contributed by atoms with Crippen LogP contribution < -0.4 is 10.2 Å². The third-order valence-corrected chi connectivity index (χ3v) is 5.60. The number of nitrogens with one attached hydrogen (secondary N) is 2. The van der Waals surface area contributed by atoms with E-state index in [9.17, 15) is 4.79 Å². The van der Waals surface area contributed by atoms with E-state index in [1.54, 1.807) is 0 Å². The van der Waals surface area contributed by atoms with Crippen LogP contribution in [0.1, 0.15) is 31.7 Å². The van der Waals surface area contributed by atoms with Gasteiger partial charge >= 0.3 is 0 Å². The van der Waals surface area contributed by atoms with Crippen LogP contribution in [-0.2, 0) is 16.1 Å². The average molecular weight is 419 g/mol. The zero-order valence-electron chi connectivity index (χ0n) is 18.1. The quantitative estimate of drug-likeness (QED) is 0.569. The number of aromatic amines is 1. The largest absolute Gasteiger partial charge is 0.378 e. The first-order chi connectivity index (χ1) is 15.2. The van der Waals surface area contributed by atoms with Crippen molar-refractivity contribution in [2.75, 3.05) is 31.2 Å². The molecule has 0 unspecified atom stereocenters. The number of H-pyrrole nitrogens is 1. The Morgan fingerprint density at radius 1 is 1.06 bits per heavy atom. The van der Waals surface area contributed by atoms with Gasteiger partial charge in [-0.15, -0.1) is 0 Å². The number of amides is 1. The monoisotopic (exact) mass is 418 g/mol. The van der Waals surface area contributed by atoms with Crippen LogP contribution in [0.25, 0.3) is 22.6 Å². The number of nitrogens with zero attached hydrogens (tertiary/aromatic N) is 2. The number of unbranched alkanes of at least 4 members (excludes halogenated alkanes) is 1. The van der Waals surface area contributed by atoms with Crippen LogP contribution in [0.5, 0.6) is 0 Å². The second-order valence-electron chi connectivity index (χ2n) is 7.87. The maximum Gasteiger partial charge on any atom is 0.220 e. The highest BCUT2D eigenvalue weighted by atomic mass is 16.5. The van der Waals surface area contributed by atoms with Crippen molar-refractivity contribution in [3.63, 3.8) is 0 Å². The smallest absolute Gasteiger partial charge is 0.220 e. The molecule has 0 bridgehead atoms. The maximum absolute atomic E-state index is 11.8. The van der Waals surface area contributed by atoms with Crippen molar-refractivity contribution in [3.05, 3.63) is 60.3 Å². The van der Waals surface area contributed by atoms with Crippen LogP contribution in [0.15, 0.2) is 54.7 Å². The fourth-order valence-electron chi connectivity index (χ4n) is 3.69. The fraction of sp³-hybridized carbons (Fsp3) is 0.360. The Bertz CT molecular complexity index is 974. The van der Waals surface area contributed by atoms with Gasteiger partial charge in [0.2, 0.25) is 5.91 Å². The van der Waals surface area contributed by atoms with E-state index in [2.05, 4.69) is 51.4 Å². The zero-order chi connectivity index (χ0) is 21.5. The SMILES string of the molecule is CCCCC(=O)NCc1ccc(-c2ncc(-c3ccc(N4CCOCC4)cc3)[nH]2)cc1. The van der Waals surface area contributed by atoms with Gasteiger partial charge < -0.3 is 19.9 Å². The molecule has 31 heavy (non-hydrogen) atoms. The summed E-state index contributed by atoms with van der Waals surface area (Å²) in [5, 5.41) is 2.97. The lowest BCUT2D eigenvalue weighted by molar-refractivity contribution is -0.121. The van der Waals surface area contributed by atoms with Crippen molar-refractivity contribution in [2.45, 2.75) is 32.7 Å². The molecule has 0 spiro atoms. The van der Waals surface area contributed by atoms with Gasteiger partial charge in [-0.1, -0.05) is 49.7 Å². The summed E-state index contributed by atoms with van der Waals surface area (Å²) in [5.41, 5.74) is 5.44. The molecule has 1 fully saturated rings. The standard InChI is InChI=1S/C25H30N4O2/c1-2-3-4-24(30)26-17-19-5-7-21(8-6-19)25-27-18-23(28-25)20-9-11-22(12-10-20)29-13-15-31-16-14-29/h5-12,18H,2-4,13-17H2,1H3,(H,26,30)(H,27,28). The summed E-state index contributed by atoms with van der Waals surface area (Å²) in [5.74, 6) is 0.951. The Morgan fingerprint density at radius 2 is 1.77 bits per heavy atom. The summed E-state index contributed by atoms with van der Waals surface area (Å²) < 4.78 is 5.43. The summed E-state index contributed by atoms with van der Waals surface area (Å²) in [6, 6.07) is 16.7. The van der Waals surface area contributed by atoms with Gasteiger partial charge in [-0.25, -0.2) is 4.98 Å². The molecule has 6 nitrogen and oxygen atoms in total. The number of benzene rings is 2. The molecule has 4 rings (SSSR count). The first-order valence-electron chi connectivity index (χ1n) is 11.1. The minimum atomic E-state index is 0.112. The van der Waals surface area contributed by atoms with Crippen molar-refractivity contribution in [2.24, 2.45) is 0 Å². The highest BCUT2D eigenvalue weighted by Gasteiger charge is 2.12. The van der Waals surface area contributed by atoms with E-state index in [0.717, 1.165) is 67.4 Å². The normalized spacial score (nSPS) is 13.9. The molecule has 1 amide bonds. The number of rotatable bonds is 8. The third-order valence-electron chi connectivity index (χ3n) is 5.60. The molecule has 0 saturated carbocycles. The van der Waals surface area contributed by atoms with Crippen molar-refractivity contribution in [1.29, 1.82) is 0 Å². The van der Waals surface area contributed by atoms with E-state index in [1.807, 2.05) is 30.5 Å². The topological polar surface area (TPSA) is 70.2 Å². The van der Waals surface area contributed by atoms with Crippen molar-refractivity contribution in [3.8, 4) is 22.6 Å². The molecule has 1 saturated heterocycles. The number of carbonyl (C=O) groups excluding carboxylic acids is 1.